The molecule has 6 nitrogen and oxygen atoms in total. The standard InChI is InChI=1S/C20H31N3O3/c1-22(12-7-15-23-13-5-6-14-23)20(26)21-18(10-11-19(24)25)16-17-8-3-2-4-9-17/h2-4,8-9,18H,5-7,10-16H2,1H3,(H,21,26)(H,24,25). The van der Waals surface area contributed by atoms with Crippen LogP contribution in [-0.2, 0) is 11.2 Å². The maximum Gasteiger partial charge on any atom is 0.317 e. The topological polar surface area (TPSA) is 72.9 Å². The molecule has 1 saturated heterocycles. The first-order valence-corrected chi connectivity index (χ1v) is 9.54. The van der Waals surface area contributed by atoms with Gasteiger partial charge in [0.05, 0.1) is 0 Å². The van der Waals surface area contributed by atoms with Crippen molar-refractivity contribution in [3.63, 3.8) is 0 Å². The molecule has 1 aliphatic heterocycles. The number of carbonyl (C=O) groups excluding carboxylic acids is 1. The summed E-state index contributed by atoms with van der Waals surface area (Å²) in [5, 5.41) is 12.0. The summed E-state index contributed by atoms with van der Waals surface area (Å²) < 4.78 is 0. The van der Waals surface area contributed by atoms with Crippen molar-refractivity contribution in [1.82, 2.24) is 15.1 Å². The monoisotopic (exact) mass is 361 g/mol. The molecule has 0 radical (unpaired) electrons. The third-order valence-electron chi connectivity index (χ3n) is 4.87. The Hall–Kier alpha value is -2.08. The maximum absolute atomic E-state index is 12.5. The fourth-order valence-corrected chi connectivity index (χ4v) is 3.35. The molecule has 2 rings (SSSR count). The highest BCUT2D eigenvalue weighted by Crippen LogP contribution is 2.10. The molecule has 0 spiro atoms. The van der Waals surface area contributed by atoms with Gasteiger partial charge in [0, 0.05) is 26.1 Å². The van der Waals surface area contributed by atoms with Crippen molar-refractivity contribution >= 4 is 12.0 Å². The summed E-state index contributed by atoms with van der Waals surface area (Å²) >= 11 is 0. The van der Waals surface area contributed by atoms with Crippen molar-refractivity contribution in [3.05, 3.63) is 35.9 Å². The minimum Gasteiger partial charge on any atom is -0.481 e. The molecule has 144 valence electrons. The number of nitrogens with one attached hydrogen (secondary N) is 1. The van der Waals surface area contributed by atoms with Gasteiger partial charge in [-0.05, 0) is 57.3 Å². The molecule has 6 heteroatoms. The van der Waals surface area contributed by atoms with Crippen LogP contribution in [0.15, 0.2) is 30.3 Å². The van der Waals surface area contributed by atoms with Crippen molar-refractivity contribution in [1.29, 1.82) is 0 Å². The molecule has 26 heavy (non-hydrogen) atoms. The predicted molar refractivity (Wildman–Crippen MR) is 102 cm³/mol. The van der Waals surface area contributed by atoms with Crippen molar-refractivity contribution in [2.75, 3.05) is 33.2 Å². The van der Waals surface area contributed by atoms with E-state index in [1.54, 1.807) is 11.9 Å². The highest BCUT2D eigenvalue weighted by molar-refractivity contribution is 5.74. The van der Waals surface area contributed by atoms with Gasteiger partial charge in [0.2, 0.25) is 0 Å². The summed E-state index contributed by atoms with van der Waals surface area (Å²) in [6, 6.07) is 9.55. The van der Waals surface area contributed by atoms with Gasteiger partial charge in [-0.2, -0.15) is 0 Å². The van der Waals surface area contributed by atoms with Crippen LogP contribution in [0.1, 0.15) is 37.7 Å². The molecule has 1 heterocycles. The Balaban J connectivity index is 1.79. The molecule has 1 unspecified atom stereocenters. The molecule has 0 bridgehead atoms. The number of likely N-dealkylation sites (tertiary alicyclic amines) is 1. The van der Waals surface area contributed by atoms with Gasteiger partial charge in [-0.1, -0.05) is 30.3 Å². The minimum atomic E-state index is -0.837. The number of amides is 2. The number of urea groups is 1. The number of hydrogen-bond donors (Lipinski definition) is 2. The molecule has 2 N–H and O–H groups in total. The van der Waals surface area contributed by atoms with Crippen LogP contribution in [0.3, 0.4) is 0 Å². The molecular weight excluding hydrogens is 330 g/mol. The van der Waals surface area contributed by atoms with Gasteiger partial charge in [-0.3, -0.25) is 4.79 Å². The van der Waals surface area contributed by atoms with Gasteiger partial charge in [0.25, 0.3) is 0 Å². The summed E-state index contributed by atoms with van der Waals surface area (Å²) in [4.78, 5) is 27.5. The lowest BCUT2D eigenvalue weighted by Gasteiger charge is -2.24. The first kappa shape index (κ1) is 20.2. The Morgan fingerprint density at radius 3 is 2.58 bits per heavy atom. The lowest BCUT2D eigenvalue weighted by atomic mass is 10.0. The van der Waals surface area contributed by atoms with Crippen molar-refractivity contribution in [2.24, 2.45) is 0 Å². The number of nitrogens with zero attached hydrogens (tertiary/aromatic N) is 2. The number of rotatable bonds is 10. The van der Waals surface area contributed by atoms with Crippen LogP contribution in [-0.4, -0.2) is 66.2 Å². The van der Waals surface area contributed by atoms with E-state index in [0.717, 1.165) is 18.5 Å². The van der Waals surface area contributed by atoms with Gasteiger partial charge in [-0.25, -0.2) is 4.79 Å². The molecule has 0 aromatic heterocycles. The molecule has 1 aliphatic rings. The Morgan fingerprint density at radius 2 is 1.92 bits per heavy atom. The van der Waals surface area contributed by atoms with E-state index < -0.39 is 5.97 Å². The van der Waals surface area contributed by atoms with Crippen molar-refractivity contribution in [2.45, 2.75) is 44.6 Å². The summed E-state index contributed by atoms with van der Waals surface area (Å²) in [5.74, 6) is -0.837. The van der Waals surface area contributed by atoms with Gasteiger partial charge in [-0.15, -0.1) is 0 Å². The second kappa shape index (κ2) is 10.8. The first-order chi connectivity index (χ1) is 12.5. The van der Waals surface area contributed by atoms with E-state index >= 15 is 0 Å². The zero-order chi connectivity index (χ0) is 18.8. The van der Waals surface area contributed by atoms with Crippen LogP contribution in [0.2, 0.25) is 0 Å². The number of carboxylic acid groups (broad SMARTS) is 1. The van der Waals surface area contributed by atoms with E-state index in [9.17, 15) is 9.59 Å². The fourth-order valence-electron chi connectivity index (χ4n) is 3.35. The zero-order valence-corrected chi connectivity index (χ0v) is 15.7. The number of carbonyl (C=O) groups is 2. The van der Waals surface area contributed by atoms with Crippen LogP contribution in [0.25, 0.3) is 0 Å². The zero-order valence-electron chi connectivity index (χ0n) is 15.7. The van der Waals surface area contributed by atoms with E-state index in [-0.39, 0.29) is 18.5 Å². The van der Waals surface area contributed by atoms with Crippen LogP contribution in [0, 0.1) is 0 Å². The Kier molecular flexibility index (Phi) is 8.41. The molecular formula is C20H31N3O3. The average molecular weight is 361 g/mol. The average Bonchev–Trinajstić information content (AvgIpc) is 3.13. The number of carboxylic acids is 1. The number of hydrogen-bond acceptors (Lipinski definition) is 3. The summed E-state index contributed by atoms with van der Waals surface area (Å²) in [7, 11) is 1.80. The van der Waals surface area contributed by atoms with E-state index in [1.165, 1.54) is 25.9 Å². The highest BCUT2D eigenvalue weighted by Gasteiger charge is 2.18. The molecule has 1 fully saturated rings. The quantitative estimate of drug-likeness (QED) is 0.672. The summed E-state index contributed by atoms with van der Waals surface area (Å²) in [6.45, 7) is 4.08. The van der Waals surface area contributed by atoms with Crippen LogP contribution >= 0.6 is 0 Å². The highest BCUT2D eigenvalue weighted by atomic mass is 16.4. The fraction of sp³-hybridized carbons (Fsp3) is 0.600. The minimum absolute atomic E-state index is 0.0520. The Labute approximate surface area is 156 Å². The lowest BCUT2D eigenvalue weighted by molar-refractivity contribution is -0.137. The third kappa shape index (κ3) is 7.44. The maximum atomic E-state index is 12.5. The SMILES string of the molecule is CN(CCCN1CCCC1)C(=O)NC(CCC(=O)O)Cc1ccccc1. The molecule has 1 aromatic rings. The number of benzene rings is 1. The van der Waals surface area contributed by atoms with Gasteiger partial charge in [0.15, 0.2) is 0 Å². The third-order valence-corrected chi connectivity index (χ3v) is 4.87. The summed E-state index contributed by atoms with van der Waals surface area (Å²) in [6.07, 6.45) is 4.64. The van der Waals surface area contributed by atoms with E-state index in [2.05, 4.69) is 10.2 Å². The molecule has 0 saturated carbocycles. The van der Waals surface area contributed by atoms with Crippen molar-refractivity contribution in [3.8, 4) is 0 Å². The van der Waals surface area contributed by atoms with E-state index in [0.29, 0.717) is 19.4 Å². The first-order valence-electron chi connectivity index (χ1n) is 9.54. The van der Waals surface area contributed by atoms with Crippen molar-refractivity contribution < 1.29 is 14.7 Å². The normalized spacial score (nSPS) is 15.6. The predicted octanol–water partition coefficient (Wildman–Crippen LogP) is 2.59. The Morgan fingerprint density at radius 1 is 1.23 bits per heavy atom. The molecule has 1 atom stereocenters. The van der Waals surface area contributed by atoms with Crippen LogP contribution in [0.4, 0.5) is 4.79 Å². The Bertz CT molecular complexity index is 559. The largest absolute Gasteiger partial charge is 0.481 e. The second-order valence-electron chi connectivity index (χ2n) is 7.09. The van der Waals surface area contributed by atoms with E-state index in [4.69, 9.17) is 5.11 Å². The second-order valence-corrected chi connectivity index (χ2v) is 7.09. The lowest BCUT2D eigenvalue weighted by Crippen LogP contribution is -2.45. The van der Waals surface area contributed by atoms with Gasteiger partial charge < -0.3 is 20.2 Å². The van der Waals surface area contributed by atoms with Crippen LogP contribution in [0.5, 0.6) is 0 Å². The number of aliphatic carboxylic acids is 1. The van der Waals surface area contributed by atoms with Gasteiger partial charge in [0.1, 0.15) is 0 Å². The smallest absolute Gasteiger partial charge is 0.317 e. The molecule has 0 aliphatic carbocycles. The van der Waals surface area contributed by atoms with Crippen LogP contribution < -0.4 is 5.32 Å². The van der Waals surface area contributed by atoms with E-state index in [1.807, 2.05) is 30.3 Å². The molecule has 1 aromatic carbocycles. The summed E-state index contributed by atoms with van der Waals surface area (Å²) in [5.41, 5.74) is 1.10. The molecule has 2 amide bonds. The van der Waals surface area contributed by atoms with Gasteiger partial charge >= 0.3 is 12.0 Å².